The van der Waals surface area contributed by atoms with Crippen molar-refractivity contribution in [3.05, 3.63) is 88.7 Å². The largest absolute Gasteiger partial charge is 0.345 e. The molecule has 2 amide bonds. The van der Waals surface area contributed by atoms with Gasteiger partial charge in [0.1, 0.15) is 0 Å². The number of amides is 2. The number of urea groups is 1. The summed E-state index contributed by atoms with van der Waals surface area (Å²) in [6.07, 6.45) is 2.10. The number of aromatic nitrogens is 1. The van der Waals surface area contributed by atoms with Gasteiger partial charge in [0.25, 0.3) is 0 Å². The number of carbonyl (C=O) groups is 1. The van der Waals surface area contributed by atoms with E-state index < -0.39 is 0 Å². The lowest BCUT2D eigenvalue weighted by atomic mass is 10.0. The molecule has 0 unspecified atom stereocenters. The van der Waals surface area contributed by atoms with Crippen LogP contribution in [0.4, 0.5) is 10.5 Å². The number of hydrogen-bond donors (Lipinski definition) is 1. The Morgan fingerprint density at radius 3 is 2.45 bits per heavy atom. The van der Waals surface area contributed by atoms with E-state index in [1.807, 2.05) is 24.0 Å². The zero-order valence-electron chi connectivity index (χ0n) is 19.6. The molecule has 31 heavy (non-hydrogen) atoms. The second kappa shape index (κ2) is 9.86. The van der Waals surface area contributed by atoms with Crippen LogP contribution in [-0.2, 0) is 13.1 Å². The molecule has 0 fully saturated rings. The van der Waals surface area contributed by atoms with E-state index in [2.05, 4.69) is 93.2 Å². The summed E-state index contributed by atoms with van der Waals surface area (Å²) in [4.78, 5) is 15.3. The van der Waals surface area contributed by atoms with Gasteiger partial charge in [-0.25, -0.2) is 4.79 Å². The fourth-order valence-corrected chi connectivity index (χ4v) is 3.76. The van der Waals surface area contributed by atoms with Crippen LogP contribution in [0.2, 0.25) is 0 Å². The third kappa shape index (κ3) is 5.57. The predicted molar refractivity (Wildman–Crippen MR) is 129 cm³/mol. The fraction of sp³-hybridized carbons (Fsp3) is 0.370. The minimum atomic E-state index is -0.0572. The van der Waals surface area contributed by atoms with Gasteiger partial charge in [0.2, 0.25) is 0 Å². The van der Waals surface area contributed by atoms with Crippen molar-refractivity contribution in [3.8, 4) is 0 Å². The first-order valence-corrected chi connectivity index (χ1v) is 11.1. The van der Waals surface area contributed by atoms with E-state index in [4.69, 9.17) is 0 Å². The summed E-state index contributed by atoms with van der Waals surface area (Å²) in [7, 11) is 0. The van der Waals surface area contributed by atoms with Crippen molar-refractivity contribution < 1.29 is 4.79 Å². The van der Waals surface area contributed by atoms with Gasteiger partial charge in [0.05, 0.1) is 6.54 Å². The number of benzene rings is 2. The van der Waals surface area contributed by atoms with Gasteiger partial charge in [-0.15, -0.1) is 0 Å². The fourth-order valence-electron chi connectivity index (χ4n) is 3.76. The van der Waals surface area contributed by atoms with Gasteiger partial charge in [-0.3, -0.25) is 0 Å². The SMILES string of the molecule is Cc1cccc(Cn2cccc2CN(C(=O)Nc2cccc(C)c2C)[C@H](C)C(C)C)c1. The normalized spacial score (nSPS) is 12.1. The molecular formula is C27H35N3O. The number of nitrogens with one attached hydrogen (secondary N) is 1. The van der Waals surface area contributed by atoms with Gasteiger partial charge >= 0.3 is 6.03 Å². The molecule has 4 heteroatoms. The Kier molecular flexibility index (Phi) is 7.21. The first-order valence-electron chi connectivity index (χ1n) is 11.1. The van der Waals surface area contributed by atoms with Crippen LogP contribution < -0.4 is 5.32 Å². The summed E-state index contributed by atoms with van der Waals surface area (Å²) in [5, 5.41) is 3.15. The molecule has 0 saturated carbocycles. The molecule has 2 aromatic carbocycles. The molecule has 1 heterocycles. The van der Waals surface area contributed by atoms with Crippen molar-refractivity contribution in [1.82, 2.24) is 9.47 Å². The van der Waals surface area contributed by atoms with Gasteiger partial charge in [-0.05, 0) is 68.5 Å². The van der Waals surface area contributed by atoms with E-state index in [-0.39, 0.29) is 12.1 Å². The minimum absolute atomic E-state index is 0.0572. The summed E-state index contributed by atoms with van der Waals surface area (Å²) < 4.78 is 2.24. The minimum Gasteiger partial charge on any atom is -0.345 e. The maximum atomic E-state index is 13.4. The van der Waals surface area contributed by atoms with Crippen LogP contribution in [0.1, 0.15) is 48.7 Å². The second-order valence-electron chi connectivity index (χ2n) is 8.91. The first kappa shape index (κ1) is 22.7. The Balaban J connectivity index is 1.83. The number of aryl methyl sites for hydroxylation is 2. The molecule has 3 rings (SSSR count). The molecule has 0 spiro atoms. The topological polar surface area (TPSA) is 37.3 Å². The zero-order chi connectivity index (χ0) is 22.5. The van der Waals surface area contributed by atoms with Crippen molar-refractivity contribution in [2.45, 2.75) is 60.7 Å². The molecule has 4 nitrogen and oxygen atoms in total. The van der Waals surface area contributed by atoms with E-state index in [1.165, 1.54) is 16.7 Å². The summed E-state index contributed by atoms with van der Waals surface area (Å²) in [6.45, 7) is 14.0. The van der Waals surface area contributed by atoms with Gasteiger partial charge in [0.15, 0.2) is 0 Å². The van der Waals surface area contributed by atoms with Crippen molar-refractivity contribution in [3.63, 3.8) is 0 Å². The van der Waals surface area contributed by atoms with Crippen molar-refractivity contribution in [2.24, 2.45) is 5.92 Å². The lowest BCUT2D eigenvalue weighted by Gasteiger charge is -2.32. The molecule has 3 aromatic rings. The Labute approximate surface area is 186 Å². The van der Waals surface area contributed by atoms with E-state index in [0.717, 1.165) is 23.5 Å². The zero-order valence-corrected chi connectivity index (χ0v) is 19.6. The van der Waals surface area contributed by atoms with E-state index >= 15 is 0 Å². The Morgan fingerprint density at radius 1 is 1.00 bits per heavy atom. The molecular weight excluding hydrogens is 382 g/mol. The van der Waals surface area contributed by atoms with Gasteiger partial charge in [-0.1, -0.05) is 55.8 Å². The third-order valence-corrected chi connectivity index (χ3v) is 6.25. The van der Waals surface area contributed by atoms with Gasteiger partial charge in [-0.2, -0.15) is 0 Å². The standard InChI is InChI=1S/C27H35N3O/c1-19(2)23(6)30(27(31)28-26-14-8-11-21(4)22(26)5)18-25-13-9-15-29(25)17-24-12-7-10-20(3)16-24/h7-16,19,23H,17-18H2,1-6H3,(H,28,31)/t23-/m1/s1. The van der Waals surface area contributed by atoms with Crippen LogP contribution in [0.15, 0.2) is 60.8 Å². The molecule has 164 valence electrons. The Morgan fingerprint density at radius 2 is 1.74 bits per heavy atom. The number of carbonyl (C=O) groups excluding carboxylic acids is 1. The first-order chi connectivity index (χ1) is 14.8. The van der Waals surface area contributed by atoms with Crippen LogP contribution in [0.5, 0.6) is 0 Å². The monoisotopic (exact) mass is 417 g/mol. The average Bonchev–Trinajstić information content (AvgIpc) is 3.15. The molecule has 1 atom stereocenters. The molecule has 1 aromatic heterocycles. The van der Waals surface area contributed by atoms with Crippen molar-refractivity contribution in [2.75, 3.05) is 5.32 Å². The number of hydrogen-bond acceptors (Lipinski definition) is 1. The second-order valence-corrected chi connectivity index (χ2v) is 8.91. The summed E-state index contributed by atoms with van der Waals surface area (Å²) >= 11 is 0. The molecule has 0 saturated heterocycles. The van der Waals surface area contributed by atoms with Crippen molar-refractivity contribution >= 4 is 11.7 Å². The highest BCUT2D eigenvalue weighted by molar-refractivity contribution is 5.90. The maximum absolute atomic E-state index is 13.4. The Bertz CT molecular complexity index is 1030. The lowest BCUT2D eigenvalue weighted by molar-refractivity contribution is 0.168. The molecule has 1 N–H and O–H groups in total. The smallest absolute Gasteiger partial charge is 0.322 e. The molecule has 0 radical (unpaired) electrons. The van der Waals surface area contributed by atoms with Crippen LogP contribution in [-0.4, -0.2) is 21.5 Å². The molecule has 0 aliphatic heterocycles. The van der Waals surface area contributed by atoms with Crippen LogP contribution in [0, 0.1) is 26.7 Å². The number of rotatable bonds is 7. The quantitative estimate of drug-likeness (QED) is 0.465. The predicted octanol–water partition coefficient (Wildman–Crippen LogP) is 6.54. The molecule has 0 bridgehead atoms. The van der Waals surface area contributed by atoms with Gasteiger partial charge in [0, 0.05) is 30.2 Å². The van der Waals surface area contributed by atoms with Crippen molar-refractivity contribution in [1.29, 1.82) is 0 Å². The number of anilines is 1. The van der Waals surface area contributed by atoms with Crippen LogP contribution in [0.25, 0.3) is 0 Å². The Hall–Kier alpha value is -3.01. The van der Waals surface area contributed by atoms with E-state index in [0.29, 0.717) is 12.5 Å². The van der Waals surface area contributed by atoms with Crippen LogP contribution in [0.3, 0.4) is 0 Å². The van der Waals surface area contributed by atoms with E-state index in [9.17, 15) is 4.79 Å². The maximum Gasteiger partial charge on any atom is 0.322 e. The molecule has 0 aliphatic carbocycles. The van der Waals surface area contributed by atoms with Crippen LogP contribution >= 0.6 is 0 Å². The molecule has 0 aliphatic rings. The van der Waals surface area contributed by atoms with E-state index in [1.54, 1.807) is 0 Å². The average molecular weight is 418 g/mol. The highest BCUT2D eigenvalue weighted by atomic mass is 16.2. The number of nitrogens with zero attached hydrogens (tertiary/aromatic N) is 2. The summed E-state index contributed by atoms with van der Waals surface area (Å²) in [6, 6.07) is 18.8. The lowest BCUT2D eigenvalue weighted by Crippen LogP contribution is -2.43. The van der Waals surface area contributed by atoms with Gasteiger partial charge < -0.3 is 14.8 Å². The summed E-state index contributed by atoms with van der Waals surface area (Å²) in [5.74, 6) is 0.351. The summed E-state index contributed by atoms with van der Waals surface area (Å²) in [5.41, 5.74) is 6.81. The highest BCUT2D eigenvalue weighted by Crippen LogP contribution is 2.22. The third-order valence-electron chi connectivity index (χ3n) is 6.25. The highest BCUT2D eigenvalue weighted by Gasteiger charge is 2.24.